The lowest BCUT2D eigenvalue weighted by Crippen LogP contribution is -2.46. The van der Waals surface area contributed by atoms with Gasteiger partial charge in [-0.1, -0.05) is 48.9 Å². The second-order valence-corrected chi connectivity index (χ2v) is 7.53. The minimum Gasteiger partial charge on any atom is -0.496 e. The molecule has 0 aliphatic carbocycles. The van der Waals surface area contributed by atoms with Gasteiger partial charge >= 0.3 is 0 Å². The maximum absolute atomic E-state index is 13.5. The molecule has 2 heterocycles. The molecule has 1 aromatic heterocycles. The summed E-state index contributed by atoms with van der Waals surface area (Å²) in [6.45, 7) is 0.907. The van der Waals surface area contributed by atoms with Crippen molar-refractivity contribution in [1.29, 1.82) is 0 Å². The monoisotopic (exact) mass is 417 g/mol. The van der Waals surface area contributed by atoms with Crippen LogP contribution in [0.2, 0.25) is 0 Å². The summed E-state index contributed by atoms with van der Waals surface area (Å²) in [5, 5.41) is 3.56. The number of hydrazine groups is 1. The van der Waals surface area contributed by atoms with E-state index in [9.17, 15) is 4.79 Å². The fraction of sp³-hybridized carbons (Fsp3) is 0.292. The molecule has 0 bridgehead atoms. The number of aromatic nitrogens is 2. The molecule has 31 heavy (non-hydrogen) atoms. The van der Waals surface area contributed by atoms with Crippen molar-refractivity contribution < 1.29 is 9.53 Å². The van der Waals surface area contributed by atoms with E-state index in [2.05, 4.69) is 26.1 Å². The molecule has 1 aliphatic rings. The summed E-state index contributed by atoms with van der Waals surface area (Å²) in [6, 6.07) is 17.7. The zero-order valence-electron chi connectivity index (χ0n) is 17.5. The van der Waals surface area contributed by atoms with Gasteiger partial charge in [-0.05, 0) is 36.6 Å². The Balaban J connectivity index is 1.70. The van der Waals surface area contributed by atoms with Crippen molar-refractivity contribution in [2.45, 2.75) is 31.2 Å². The van der Waals surface area contributed by atoms with Crippen LogP contribution < -0.4 is 20.9 Å². The van der Waals surface area contributed by atoms with E-state index in [-0.39, 0.29) is 17.9 Å². The number of carbonyl (C=O) groups is 1. The van der Waals surface area contributed by atoms with E-state index in [0.29, 0.717) is 5.82 Å². The molecule has 0 radical (unpaired) electrons. The van der Waals surface area contributed by atoms with Crippen LogP contribution in [0.3, 0.4) is 0 Å². The molecule has 7 heteroatoms. The van der Waals surface area contributed by atoms with Gasteiger partial charge in [0.25, 0.3) is 0 Å². The summed E-state index contributed by atoms with van der Waals surface area (Å²) >= 11 is 0. The molecule has 3 N–H and O–H groups in total. The molecule has 2 unspecified atom stereocenters. The van der Waals surface area contributed by atoms with Gasteiger partial charge in [0, 0.05) is 23.9 Å². The zero-order chi connectivity index (χ0) is 21.5. The number of ether oxygens (including phenoxy) is 1. The number of hydrogen-bond acceptors (Lipinski definition) is 6. The highest BCUT2D eigenvalue weighted by Crippen LogP contribution is 2.37. The minimum absolute atomic E-state index is 0.0387. The predicted octanol–water partition coefficient (Wildman–Crippen LogP) is 3.52. The Hall–Kier alpha value is -3.45. The number of anilines is 1. The van der Waals surface area contributed by atoms with E-state index in [1.54, 1.807) is 19.4 Å². The molecule has 4 rings (SSSR count). The number of rotatable bonds is 7. The van der Waals surface area contributed by atoms with E-state index >= 15 is 0 Å². The lowest BCUT2D eigenvalue weighted by molar-refractivity contribution is -0.122. The molecule has 160 valence electrons. The highest BCUT2D eigenvalue weighted by Gasteiger charge is 2.33. The summed E-state index contributed by atoms with van der Waals surface area (Å²) < 4.78 is 5.60. The quantitative estimate of drug-likeness (QED) is 0.510. The fourth-order valence-electron chi connectivity index (χ4n) is 4.15. The van der Waals surface area contributed by atoms with E-state index < -0.39 is 0 Å². The lowest BCUT2D eigenvalue weighted by atomic mass is 9.82. The van der Waals surface area contributed by atoms with Crippen LogP contribution >= 0.6 is 0 Å². The van der Waals surface area contributed by atoms with Crippen LogP contribution in [0.15, 0.2) is 67.1 Å². The summed E-state index contributed by atoms with van der Waals surface area (Å²) in [5.74, 6) is 0.831. The molecule has 0 saturated carbocycles. The number of methoxy groups -OCH3 is 1. The molecule has 1 aliphatic heterocycles. The molecule has 0 spiro atoms. The van der Waals surface area contributed by atoms with Gasteiger partial charge in [-0.25, -0.2) is 9.97 Å². The standard InChI is InChI=1S/C24H27N5O2/c1-31-21-12-5-4-9-18(21)17-8-2-3-10-19(17)23(20-11-6-7-14-26-20)24(30)29-28-22-13-15-25-16-27-22/h2-5,8-10,12-13,15-16,20,23,26H,6-7,11,14H2,1H3,(H,29,30)(H,25,27,28). The highest BCUT2D eigenvalue weighted by atomic mass is 16.5. The van der Waals surface area contributed by atoms with Gasteiger partial charge in [-0.15, -0.1) is 0 Å². The van der Waals surface area contributed by atoms with Crippen molar-refractivity contribution in [3.63, 3.8) is 0 Å². The second kappa shape index (κ2) is 10.0. The van der Waals surface area contributed by atoms with Crippen LogP contribution in [0.25, 0.3) is 11.1 Å². The Morgan fingerprint density at radius 1 is 1.10 bits per heavy atom. The van der Waals surface area contributed by atoms with Crippen molar-refractivity contribution >= 4 is 11.7 Å². The molecule has 2 aromatic carbocycles. The van der Waals surface area contributed by atoms with E-state index in [1.807, 2.05) is 48.5 Å². The number of amides is 1. The first-order chi connectivity index (χ1) is 15.3. The number of para-hydroxylation sites is 1. The second-order valence-electron chi connectivity index (χ2n) is 7.53. The molecule has 7 nitrogen and oxygen atoms in total. The molecule has 1 fully saturated rings. The van der Waals surface area contributed by atoms with E-state index in [4.69, 9.17) is 4.74 Å². The Kier molecular flexibility index (Phi) is 6.74. The van der Waals surface area contributed by atoms with Crippen molar-refractivity contribution in [3.8, 4) is 16.9 Å². The van der Waals surface area contributed by atoms with E-state index in [1.165, 1.54) is 6.33 Å². The molecule has 3 aromatic rings. The van der Waals surface area contributed by atoms with E-state index in [0.717, 1.165) is 48.2 Å². The number of benzene rings is 2. The third-order valence-electron chi connectivity index (χ3n) is 5.62. The van der Waals surface area contributed by atoms with Gasteiger partial charge < -0.3 is 10.1 Å². The van der Waals surface area contributed by atoms with Gasteiger partial charge in [0.15, 0.2) is 0 Å². The van der Waals surface area contributed by atoms with Crippen LogP contribution in [0.1, 0.15) is 30.7 Å². The largest absolute Gasteiger partial charge is 0.496 e. The van der Waals surface area contributed by atoms with Gasteiger partial charge in [0.1, 0.15) is 17.9 Å². The predicted molar refractivity (Wildman–Crippen MR) is 121 cm³/mol. The average molecular weight is 418 g/mol. The van der Waals surface area contributed by atoms with Crippen molar-refractivity contribution in [2.75, 3.05) is 19.1 Å². The van der Waals surface area contributed by atoms with Crippen LogP contribution in [0, 0.1) is 0 Å². The molecule has 2 atom stereocenters. The van der Waals surface area contributed by atoms with Crippen LogP contribution in [-0.4, -0.2) is 35.6 Å². The Labute approximate surface area is 182 Å². The third kappa shape index (κ3) is 4.83. The highest BCUT2D eigenvalue weighted by molar-refractivity contribution is 5.89. The zero-order valence-corrected chi connectivity index (χ0v) is 17.5. The number of nitrogens with zero attached hydrogens (tertiary/aromatic N) is 2. The van der Waals surface area contributed by atoms with Crippen LogP contribution in [0.4, 0.5) is 5.82 Å². The fourth-order valence-corrected chi connectivity index (χ4v) is 4.15. The summed E-state index contributed by atoms with van der Waals surface area (Å²) in [6.07, 6.45) is 6.21. The average Bonchev–Trinajstić information content (AvgIpc) is 2.84. The van der Waals surface area contributed by atoms with Crippen LogP contribution in [0.5, 0.6) is 5.75 Å². The Bertz CT molecular complexity index is 1010. The first-order valence-corrected chi connectivity index (χ1v) is 10.6. The lowest BCUT2D eigenvalue weighted by Gasteiger charge is -2.32. The maximum Gasteiger partial charge on any atom is 0.247 e. The van der Waals surface area contributed by atoms with Gasteiger partial charge in [0.2, 0.25) is 5.91 Å². The normalized spacial score (nSPS) is 16.9. The first kappa shape index (κ1) is 20.8. The number of nitrogens with one attached hydrogen (secondary N) is 3. The van der Waals surface area contributed by atoms with Gasteiger partial charge in [0.05, 0.1) is 13.0 Å². The number of piperidine rings is 1. The Morgan fingerprint density at radius 3 is 2.65 bits per heavy atom. The SMILES string of the molecule is COc1ccccc1-c1ccccc1C(C(=O)NNc1ccncn1)C1CCCCN1. The van der Waals surface area contributed by atoms with Crippen molar-refractivity contribution in [2.24, 2.45) is 0 Å². The van der Waals surface area contributed by atoms with Crippen molar-refractivity contribution in [3.05, 3.63) is 72.7 Å². The Morgan fingerprint density at radius 2 is 1.90 bits per heavy atom. The molecular formula is C24H27N5O2. The third-order valence-corrected chi connectivity index (χ3v) is 5.62. The molecular weight excluding hydrogens is 390 g/mol. The molecule has 1 saturated heterocycles. The number of hydrogen-bond donors (Lipinski definition) is 3. The number of carbonyl (C=O) groups excluding carboxylic acids is 1. The van der Waals surface area contributed by atoms with Crippen molar-refractivity contribution in [1.82, 2.24) is 20.7 Å². The summed E-state index contributed by atoms with van der Waals surface area (Å²) in [7, 11) is 1.67. The summed E-state index contributed by atoms with van der Waals surface area (Å²) in [4.78, 5) is 21.5. The van der Waals surface area contributed by atoms with Crippen LogP contribution in [-0.2, 0) is 4.79 Å². The maximum atomic E-state index is 13.5. The van der Waals surface area contributed by atoms with Gasteiger partial charge in [-0.2, -0.15) is 0 Å². The van der Waals surface area contributed by atoms with Gasteiger partial charge in [-0.3, -0.25) is 15.6 Å². The first-order valence-electron chi connectivity index (χ1n) is 10.6. The topological polar surface area (TPSA) is 88.2 Å². The molecule has 1 amide bonds. The minimum atomic E-state index is -0.379. The smallest absolute Gasteiger partial charge is 0.247 e. The summed E-state index contributed by atoms with van der Waals surface area (Å²) in [5.41, 5.74) is 8.70.